The third kappa shape index (κ3) is 4.83. The average Bonchev–Trinajstić information content (AvgIpc) is 2.59. The Balaban J connectivity index is 2.09. The normalized spacial score (nSPS) is 12.0. The van der Waals surface area contributed by atoms with Gasteiger partial charge in [-0.25, -0.2) is 8.42 Å². The molecule has 0 aromatic heterocycles. The summed E-state index contributed by atoms with van der Waals surface area (Å²) in [5.41, 5.74) is 2.17. The van der Waals surface area contributed by atoms with Crippen LogP contribution in [0.2, 0.25) is 0 Å². The van der Waals surface area contributed by atoms with Crippen LogP contribution in [0, 0.1) is 6.92 Å². The number of rotatable bonds is 8. The zero-order chi connectivity index (χ0) is 17.4. The third-order valence-corrected chi connectivity index (χ3v) is 5.43. The van der Waals surface area contributed by atoms with E-state index in [-0.39, 0.29) is 16.2 Å². The van der Waals surface area contributed by atoms with Gasteiger partial charge in [-0.05, 0) is 24.6 Å². The molecule has 0 spiro atoms. The fourth-order valence-corrected chi connectivity index (χ4v) is 3.53. The zero-order valence-corrected chi connectivity index (χ0v) is 14.6. The molecule has 0 heterocycles. The molecule has 0 fully saturated rings. The first-order valence-corrected chi connectivity index (χ1v) is 9.29. The third-order valence-electron chi connectivity index (χ3n) is 3.59. The fourth-order valence-electron chi connectivity index (χ4n) is 2.21. The van der Waals surface area contributed by atoms with Crippen molar-refractivity contribution in [3.63, 3.8) is 0 Å². The molecule has 0 bridgehead atoms. The van der Waals surface area contributed by atoms with Crippen LogP contribution >= 0.6 is 0 Å². The Morgan fingerprint density at radius 1 is 1.08 bits per heavy atom. The monoisotopic (exact) mass is 342 g/mol. The Labute approximate surface area is 144 Å². The Morgan fingerprint density at radius 2 is 1.75 bits per heavy atom. The van der Waals surface area contributed by atoms with E-state index in [1.807, 2.05) is 37.3 Å². The molecule has 0 amide bonds. The summed E-state index contributed by atoms with van der Waals surface area (Å²) < 4.78 is 30.9. The van der Waals surface area contributed by atoms with E-state index < -0.39 is 9.84 Å². The second-order valence-corrected chi connectivity index (χ2v) is 7.50. The minimum absolute atomic E-state index is 0.217. The lowest BCUT2D eigenvalue weighted by molar-refractivity contribution is 0.252. The van der Waals surface area contributed by atoms with Crippen molar-refractivity contribution in [1.82, 2.24) is 0 Å². The SMILES string of the molecule is C=CC/C(=C/OCCc1ccccc1)S(=O)(=O)c1ccc(C)cc1. The van der Waals surface area contributed by atoms with Crippen molar-refractivity contribution in [1.29, 1.82) is 0 Å². The van der Waals surface area contributed by atoms with Crippen LogP contribution in [0.4, 0.5) is 0 Å². The highest BCUT2D eigenvalue weighted by atomic mass is 32.2. The molecular weight excluding hydrogens is 320 g/mol. The number of aryl methyl sites for hydroxylation is 1. The van der Waals surface area contributed by atoms with Crippen molar-refractivity contribution in [3.8, 4) is 0 Å². The van der Waals surface area contributed by atoms with Crippen LogP contribution in [0.1, 0.15) is 17.5 Å². The van der Waals surface area contributed by atoms with Gasteiger partial charge in [0.25, 0.3) is 0 Å². The average molecular weight is 342 g/mol. The number of benzene rings is 2. The van der Waals surface area contributed by atoms with E-state index in [1.165, 1.54) is 6.26 Å². The lowest BCUT2D eigenvalue weighted by Crippen LogP contribution is -2.06. The summed E-state index contributed by atoms with van der Waals surface area (Å²) >= 11 is 0. The van der Waals surface area contributed by atoms with Gasteiger partial charge in [-0.1, -0.05) is 54.1 Å². The maximum atomic E-state index is 12.7. The van der Waals surface area contributed by atoms with Gasteiger partial charge < -0.3 is 4.74 Å². The predicted octanol–water partition coefficient (Wildman–Crippen LogP) is 4.45. The molecule has 0 atom stereocenters. The summed E-state index contributed by atoms with van der Waals surface area (Å²) in [4.78, 5) is 0.488. The van der Waals surface area contributed by atoms with E-state index in [0.29, 0.717) is 6.61 Å². The maximum absolute atomic E-state index is 12.7. The van der Waals surface area contributed by atoms with Crippen LogP contribution in [0.15, 0.2) is 83.3 Å². The molecule has 0 saturated heterocycles. The molecule has 0 aliphatic heterocycles. The van der Waals surface area contributed by atoms with Gasteiger partial charge in [0.15, 0.2) is 0 Å². The smallest absolute Gasteiger partial charge is 0.206 e. The first-order valence-electron chi connectivity index (χ1n) is 7.81. The molecule has 126 valence electrons. The van der Waals surface area contributed by atoms with Crippen molar-refractivity contribution in [2.45, 2.75) is 24.7 Å². The maximum Gasteiger partial charge on any atom is 0.206 e. The molecular formula is C20H22O3S. The Bertz CT molecular complexity index is 789. The number of allylic oxidation sites excluding steroid dienone is 2. The molecule has 0 saturated carbocycles. The van der Waals surface area contributed by atoms with Crippen LogP contribution in [-0.4, -0.2) is 15.0 Å². The highest BCUT2D eigenvalue weighted by Gasteiger charge is 2.20. The van der Waals surface area contributed by atoms with E-state index in [4.69, 9.17) is 4.74 Å². The molecule has 0 radical (unpaired) electrons. The van der Waals surface area contributed by atoms with E-state index in [2.05, 4.69) is 6.58 Å². The fraction of sp³-hybridized carbons (Fsp3) is 0.200. The lowest BCUT2D eigenvalue weighted by Gasteiger charge is -2.09. The second-order valence-electron chi connectivity index (χ2n) is 5.50. The van der Waals surface area contributed by atoms with Gasteiger partial charge in [0.05, 0.1) is 22.7 Å². The van der Waals surface area contributed by atoms with Gasteiger partial charge in [-0.3, -0.25) is 0 Å². The topological polar surface area (TPSA) is 43.4 Å². The van der Waals surface area contributed by atoms with Gasteiger partial charge in [0.1, 0.15) is 0 Å². The van der Waals surface area contributed by atoms with Crippen LogP contribution in [0.25, 0.3) is 0 Å². The van der Waals surface area contributed by atoms with Crippen LogP contribution in [-0.2, 0) is 21.0 Å². The number of hydrogen-bond donors (Lipinski definition) is 0. The summed E-state index contributed by atoms with van der Waals surface area (Å²) in [5.74, 6) is 0. The van der Waals surface area contributed by atoms with Crippen molar-refractivity contribution in [2.24, 2.45) is 0 Å². The standard InChI is InChI=1S/C20H22O3S/c1-3-7-20(16-23-15-14-18-8-5-4-6-9-18)24(21,22)19-12-10-17(2)11-13-19/h3-6,8-13,16H,1,7,14-15H2,2H3/b20-16-. The molecule has 2 aromatic rings. The summed E-state index contributed by atoms with van der Waals surface area (Å²) in [6.07, 6.45) is 3.88. The summed E-state index contributed by atoms with van der Waals surface area (Å²) in [6, 6.07) is 16.7. The number of hydrogen-bond acceptors (Lipinski definition) is 3. The number of sulfone groups is 1. The van der Waals surface area contributed by atoms with E-state index in [1.54, 1.807) is 30.3 Å². The lowest BCUT2D eigenvalue weighted by atomic mass is 10.2. The van der Waals surface area contributed by atoms with Crippen LogP contribution in [0.5, 0.6) is 0 Å². The molecule has 2 rings (SSSR count). The highest BCUT2D eigenvalue weighted by molar-refractivity contribution is 7.95. The first-order chi connectivity index (χ1) is 11.5. The molecule has 0 aliphatic carbocycles. The molecule has 0 N–H and O–H groups in total. The van der Waals surface area contributed by atoms with Crippen molar-refractivity contribution in [2.75, 3.05) is 6.61 Å². The Hall–Kier alpha value is -2.33. The number of ether oxygens (including phenoxy) is 1. The quantitative estimate of drug-likeness (QED) is 0.404. The van der Waals surface area contributed by atoms with E-state index in [9.17, 15) is 8.42 Å². The van der Waals surface area contributed by atoms with Crippen LogP contribution in [0.3, 0.4) is 0 Å². The summed E-state index contributed by atoms with van der Waals surface area (Å²) in [7, 11) is -3.56. The molecule has 4 heteroatoms. The minimum atomic E-state index is -3.56. The van der Waals surface area contributed by atoms with E-state index >= 15 is 0 Å². The summed E-state index contributed by atoms with van der Waals surface area (Å²) in [6.45, 7) is 5.98. The van der Waals surface area contributed by atoms with E-state index in [0.717, 1.165) is 17.5 Å². The van der Waals surface area contributed by atoms with Gasteiger partial charge in [-0.15, -0.1) is 6.58 Å². The zero-order valence-electron chi connectivity index (χ0n) is 13.8. The molecule has 24 heavy (non-hydrogen) atoms. The van der Waals surface area contributed by atoms with Gasteiger partial charge in [0.2, 0.25) is 9.84 Å². The second kappa shape index (κ2) is 8.50. The molecule has 2 aromatic carbocycles. The van der Waals surface area contributed by atoms with Gasteiger partial charge in [0, 0.05) is 12.8 Å². The minimum Gasteiger partial charge on any atom is -0.500 e. The molecule has 3 nitrogen and oxygen atoms in total. The molecule has 0 unspecified atom stereocenters. The first kappa shape index (κ1) is 18.0. The largest absolute Gasteiger partial charge is 0.500 e. The van der Waals surface area contributed by atoms with Gasteiger partial charge >= 0.3 is 0 Å². The highest BCUT2D eigenvalue weighted by Crippen LogP contribution is 2.22. The van der Waals surface area contributed by atoms with Crippen molar-refractivity contribution in [3.05, 3.63) is 89.5 Å². The van der Waals surface area contributed by atoms with Gasteiger partial charge in [-0.2, -0.15) is 0 Å². The Kier molecular flexibility index (Phi) is 6.38. The van der Waals surface area contributed by atoms with Crippen molar-refractivity contribution >= 4 is 9.84 Å². The summed E-state index contributed by atoms with van der Waals surface area (Å²) in [5, 5.41) is 0. The molecule has 0 aliphatic rings. The Morgan fingerprint density at radius 3 is 2.38 bits per heavy atom. The van der Waals surface area contributed by atoms with Crippen molar-refractivity contribution < 1.29 is 13.2 Å². The predicted molar refractivity (Wildman–Crippen MR) is 97.4 cm³/mol. The van der Waals surface area contributed by atoms with Crippen LogP contribution < -0.4 is 0 Å².